The van der Waals surface area contributed by atoms with Crippen molar-refractivity contribution in [3.8, 4) is 0 Å². The van der Waals surface area contributed by atoms with Crippen molar-refractivity contribution < 1.29 is 4.79 Å². The van der Waals surface area contributed by atoms with Gasteiger partial charge in [-0.05, 0) is 24.3 Å². The predicted molar refractivity (Wildman–Crippen MR) is 73.7 cm³/mol. The van der Waals surface area contributed by atoms with Crippen molar-refractivity contribution in [1.29, 1.82) is 0 Å². The van der Waals surface area contributed by atoms with Crippen LogP contribution in [0.4, 0.5) is 5.69 Å². The van der Waals surface area contributed by atoms with E-state index < -0.39 is 0 Å². The average molecular weight is 302 g/mol. The second-order valence-corrected chi connectivity index (χ2v) is 4.66. The van der Waals surface area contributed by atoms with Crippen molar-refractivity contribution in [1.82, 2.24) is 4.98 Å². The predicted octanol–water partition coefficient (Wildman–Crippen LogP) is 4.29. The number of hydrogen-bond donors (Lipinski definition) is 1. The van der Waals surface area contributed by atoms with Gasteiger partial charge in [0.25, 0.3) is 5.91 Å². The quantitative estimate of drug-likeness (QED) is 0.899. The van der Waals surface area contributed by atoms with Gasteiger partial charge in [0.1, 0.15) is 0 Å². The number of amides is 1. The first-order valence-corrected chi connectivity index (χ1v) is 6.07. The van der Waals surface area contributed by atoms with Crippen molar-refractivity contribution in [3.05, 3.63) is 57.3 Å². The highest BCUT2D eigenvalue weighted by atomic mass is 35.5. The van der Waals surface area contributed by atoms with Crippen LogP contribution in [0.15, 0.2) is 36.7 Å². The van der Waals surface area contributed by atoms with Crippen LogP contribution in [0.25, 0.3) is 0 Å². The normalized spacial score (nSPS) is 10.2. The molecular formula is C12H7Cl3N2O. The molecule has 1 amide bonds. The third-order valence-corrected chi connectivity index (χ3v) is 3.26. The summed E-state index contributed by atoms with van der Waals surface area (Å²) in [7, 11) is 0. The van der Waals surface area contributed by atoms with Gasteiger partial charge in [-0.3, -0.25) is 9.78 Å². The first kappa shape index (κ1) is 13.1. The highest BCUT2D eigenvalue weighted by Gasteiger charge is 2.11. The Bertz CT molecular complexity index is 602. The molecule has 2 aromatic rings. The van der Waals surface area contributed by atoms with Gasteiger partial charge < -0.3 is 5.32 Å². The van der Waals surface area contributed by atoms with Crippen LogP contribution in [0.5, 0.6) is 0 Å². The summed E-state index contributed by atoms with van der Waals surface area (Å²) in [5, 5.41) is 3.79. The number of halogens is 3. The molecule has 0 aliphatic heterocycles. The fourth-order valence-corrected chi connectivity index (χ4v) is 1.81. The van der Waals surface area contributed by atoms with Gasteiger partial charge in [0.05, 0.1) is 20.6 Å². The number of nitrogens with one attached hydrogen (secondary N) is 1. The minimum atomic E-state index is -0.355. The van der Waals surface area contributed by atoms with Gasteiger partial charge in [0.2, 0.25) is 0 Å². The largest absolute Gasteiger partial charge is 0.322 e. The van der Waals surface area contributed by atoms with E-state index >= 15 is 0 Å². The second kappa shape index (κ2) is 5.57. The Morgan fingerprint density at radius 3 is 2.50 bits per heavy atom. The van der Waals surface area contributed by atoms with E-state index in [2.05, 4.69) is 10.3 Å². The van der Waals surface area contributed by atoms with Gasteiger partial charge >= 0.3 is 0 Å². The molecule has 3 nitrogen and oxygen atoms in total. The van der Waals surface area contributed by atoms with Gasteiger partial charge in [-0.1, -0.05) is 34.8 Å². The van der Waals surface area contributed by atoms with E-state index in [4.69, 9.17) is 34.8 Å². The fourth-order valence-electron chi connectivity index (χ4n) is 1.32. The Hall–Kier alpha value is -1.29. The maximum absolute atomic E-state index is 11.9. The fraction of sp³-hybridized carbons (Fsp3) is 0. The molecule has 0 unspecified atom stereocenters. The molecule has 0 saturated heterocycles. The molecule has 92 valence electrons. The second-order valence-electron chi connectivity index (χ2n) is 3.44. The standard InChI is InChI=1S/C12H7Cl3N2O/c13-9-3-4-16-6-8(9)12(18)17-7-1-2-10(14)11(15)5-7/h1-6H,(H,17,18). The summed E-state index contributed by atoms with van der Waals surface area (Å²) in [4.78, 5) is 15.8. The summed E-state index contributed by atoms with van der Waals surface area (Å²) < 4.78 is 0. The zero-order valence-electron chi connectivity index (χ0n) is 8.95. The minimum Gasteiger partial charge on any atom is -0.322 e. The van der Waals surface area contributed by atoms with Gasteiger partial charge in [-0.2, -0.15) is 0 Å². The summed E-state index contributed by atoms with van der Waals surface area (Å²) in [6, 6.07) is 6.36. The lowest BCUT2D eigenvalue weighted by atomic mass is 10.2. The monoisotopic (exact) mass is 300 g/mol. The van der Waals surface area contributed by atoms with Crippen LogP contribution in [0.3, 0.4) is 0 Å². The molecule has 0 aliphatic rings. The van der Waals surface area contributed by atoms with Crippen LogP contribution < -0.4 is 5.32 Å². The molecule has 1 aromatic carbocycles. The van der Waals surface area contributed by atoms with Crippen molar-refractivity contribution in [3.63, 3.8) is 0 Å². The lowest BCUT2D eigenvalue weighted by Crippen LogP contribution is -2.12. The third kappa shape index (κ3) is 2.93. The van der Waals surface area contributed by atoms with Crippen LogP contribution in [-0.2, 0) is 0 Å². The lowest BCUT2D eigenvalue weighted by Gasteiger charge is -2.07. The number of anilines is 1. The average Bonchev–Trinajstić information content (AvgIpc) is 2.34. The van der Waals surface area contributed by atoms with Crippen molar-refractivity contribution in [2.75, 3.05) is 5.32 Å². The Morgan fingerprint density at radius 1 is 1.06 bits per heavy atom. The molecule has 1 heterocycles. The minimum absolute atomic E-state index is 0.297. The van der Waals surface area contributed by atoms with Gasteiger partial charge in [-0.15, -0.1) is 0 Å². The lowest BCUT2D eigenvalue weighted by molar-refractivity contribution is 0.102. The van der Waals surface area contributed by atoms with Crippen molar-refractivity contribution in [2.24, 2.45) is 0 Å². The molecule has 1 aromatic heterocycles. The summed E-state index contributed by atoms with van der Waals surface area (Å²) in [5.41, 5.74) is 0.833. The first-order chi connectivity index (χ1) is 8.58. The Morgan fingerprint density at radius 2 is 1.83 bits per heavy atom. The number of nitrogens with zero attached hydrogens (tertiary/aromatic N) is 1. The van der Waals surface area contributed by atoms with E-state index in [0.717, 1.165) is 0 Å². The molecule has 0 radical (unpaired) electrons. The van der Waals surface area contributed by atoms with Crippen LogP contribution in [-0.4, -0.2) is 10.9 Å². The van der Waals surface area contributed by atoms with E-state index in [-0.39, 0.29) is 5.91 Å². The molecular weight excluding hydrogens is 295 g/mol. The molecule has 0 saturated carbocycles. The highest BCUT2D eigenvalue weighted by Crippen LogP contribution is 2.25. The Labute approximate surface area is 119 Å². The number of carbonyl (C=O) groups is 1. The SMILES string of the molecule is O=C(Nc1ccc(Cl)c(Cl)c1)c1cnccc1Cl. The molecule has 0 spiro atoms. The van der Waals surface area contributed by atoms with Crippen LogP contribution in [0.2, 0.25) is 15.1 Å². The molecule has 0 bridgehead atoms. The summed E-state index contributed by atoms with van der Waals surface area (Å²) in [5.74, 6) is -0.355. The topological polar surface area (TPSA) is 42.0 Å². The van der Waals surface area contributed by atoms with Gasteiger partial charge in [-0.25, -0.2) is 0 Å². The molecule has 18 heavy (non-hydrogen) atoms. The number of carbonyl (C=O) groups excluding carboxylic acids is 1. The maximum atomic E-state index is 11.9. The van der Waals surface area contributed by atoms with Crippen LogP contribution >= 0.6 is 34.8 Å². The third-order valence-electron chi connectivity index (χ3n) is 2.19. The van der Waals surface area contributed by atoms with E-state index in [1.807, 2.05) is 0 Å². The van der Waals surface area contributed by atoms with Gasteiger partial charge in [0.15, 0.2) is 0 Å². The van der Waals surface area contributed by atoms with Crippen molar-refractivity contribution >= 4 is 46.4 Å². The summed E-state index contributed by atoms with van der Waals surface area (Å²) in [6.07, 6.45) is 2.91. The Balaban J connectivity index is 2.22. The van der Waals surface area contributed by atoms with E-state index in [0.29, 0.717) is 26.3 Å². The summed E-state index contributed by atoms with van der Waals surface area (Å²) >= 11 is 17.5. The van der Waals surface area contributed by atoms with Crippen LogP contribution in [0, 0.1) is 0 Å². The van der Waals surface area contributed by atoms with E-state index in [1.165, 1.54) is 12.4 Å². The Kier molecular flexibility index (Phi) is 4.07. The van der Waals surface area contributed by atoms with E-state index in [9.17, 15) is 4.79 Å². The molecule has 6 heteroatoms. The smallest absolute Gasteiger partial charge is 0.258 e. The number of hydrogen-bond acceptors (Lipinski definition) is 2. The zero-order valence-corrected chi connectivity index (χ0v) is 11.2. The number of aromatic nitrogens is 1. The number of pyridine rings is 1. The highest BCUT2D eigenvalue weighted by molar-refractivity contribution is 6.42. The number of rotatable bonds is 2. The molecule has 2 rings (SSSR count). The molecule has 1 N–H and O–H groups in total. The van der Waals surface area contributed by atoms with Crippen LogP contribution in [0.1, 0.15) is 10.4 Å². The molecule has 0 aliphatic carbocycles. The molecule has 0 fully saturated rings. The van der Waals surface area contributed by atoms with E-state index in [1.54, 1.807) is 24.3 Å². The number of benzene rings is 1. The zero-order chi connectivity index (χ0) is 13.1. The summed E-state index contributed by atoms with van der Waals surface area (Å²) in [6.45, 7) is 0. The maximum Gasteiger partial charge on any atom is 0.258 e. The first-order valence-electron chi connectivity index (χ1n) is 4.94. The van der Waals surface area contributed by atoms with Crippen molar-refractivity contribution in [2.45, 2.75) is 0 Å². The molecule has 0 atom stereocenters. The van der Waals surface area contributed by atoms with Gasteiger partial charge in [0, 0.05) is 18.1 Å².